The Morgan fingerprint density at radius 1 is 1.11 bits per heavy atom. The molecule has 5 nitrogen and oxygen atoms in total. The first-order valence-corrected chi connectivity index (χ1v) is 9.10. The van der Waals surface area contributed by atoms with Crippen LogP contribution in [0.2, 0.25) is 0 Å². The van der Waals surface area contributed by atoms with Crippen molar-refractivity contribution in [3.63, 3.8) is 0 Å². The Kier molecular flexibility index (Phi) is 4.96. The minimum Gasteiger partial charge on any atom is -0.420 e. The van der Waals surface area contributed by atoms with E-state index in [2.05, 4.69) is 10.2 Å². The van der Waals surface area contributed by atoms with Gasteiger partial charge in [-0.15, -0.1) is 10.2 Å². The molecule has 1 atom stereocenters. The predicted octanol–water partition coefficient (Wildman–Crippen LogP) is 3.82. The lowest BCUT2D eigenvalue weighted by atomic mass is 9.97. The summed E-state index contributed by atoms with van der Waals surface area (Å²) >= 11 is 0. The lowest BCUT2D eigenvalue weighted by molar-refractivity contribution is -0.131. The topological polar surface area (TPSA) is 59.2 Å². The van der Waals surface area contributed by atoms with Gasteiger partial charge >= 0.3 is 0 Å². The van der Waals surface area contributed by atoms with Gasteiger partial charge in [-0.1, -0.05) is 42.5 Å². The molecule has 1 aromatic heterocycles. The summed E-state index contributed by atoms with van der Waals surface area (Å²) in [5, 5.41) is 8.11. The zero-order valence-electron chi connectivity index (χ0n) is 14.8. The van der Waals surface area contributed by atoms with Crippen LogP contribution in [-0.4, -0.2) is 34.1 Å². The van der Waals surface area contributed by atoms with Gasteiger partial charge in [-0.05, 0) is 30.5 Å². The molecule has 138 valence electrons. The van der Waals surface area contributed by atoms with Gasteiger partial charge in [0.25, 0.3) is 5.89 Å². The van der Waals surface area contributed by atoms with Gasteiger partial charge in [0.2, 0.25) is 11.8 Å². The van der Waals surface area contributed by atoms with Crippen molar-refractivity contribution in [1.29, 1.82) is 0 Å². The van der Waals surface area contributed by atoms with Crippen LogP contribution in [0.25, 0.3) is 11.5 Å². The number of aromatic nitrogens is 2. The number of carbonyl (C=O) groups is 1. The molecule has 3 aromatic rings. The Bertz CT molecular complexity index is 926. The molecule has 2 heterocycles. The highest BCUT2D eigenvalue weighted by Crippen LogP contribution is 2.29. The second-order valence-electron chi connectivity index (χ2n) is 6.77. The summed E-state index contributed by atoms with van der Waals surface area (Å²) in [6.45, 7) is 1.28. The highest BCUT2D eigenvalue weighted by atomic mass is 19.1. The molecular formula is C21H20FN3O2. The number of halogens is 1. The molecule has 0 saturated carbocycles. The minimum atomic E-state index is -0.393. The molecule has 0 aliphatic carbocycles. The van der Waals surface area contributed by atoms with E-state index in [1.54, 1.807) is 18.2 Å². The van der Waals surface area contributed by atoms with Crippen molar-refractivity contribution in [1.82, 2.24) is 15.1 Å². The molecule has 1 aliphatic heterocycles. The number of nitrogens with zero attached hydrogens (tertiary/aromatic N) is 3. The van der Waals surface area contributed by atoms with Gasteiger partial charge in [-0.25, -0.2) is 4.39 Å². The van der Waals surface area contributed by atoms with E-state index in [-0.39, 0.29) is 17.7 Å². The van der Waals surface area contributed by atoms with Crippen molar-refractivity contribution < 1.29 is 13.6 Å². The van der Waals surface area contributed by atoms with E-state index < -0.39 is 5.82 Å². The monoisotopic (exact) mass is 365 g/mol. The first kappa shape index (κ1) is 17.4. The van der Waals surface area contributed by atoms with Gasteiger partial charge in [0, 0.05) is 13.1 Å². The van der Waals surface area contributed by atoms with Crippen LogP contribution in [-0.2, 0) is 11.2 Å². The molecule has 0 spiro atoms. The largest absolute Gasteiger partial charge is 0.420 e. The van der Waals surface area contributed by atoms with Gasteiger partial charge < -0.3 is 9.32 Å². The lowest BCUT2D eigenvalue weighted by Crippen LogP contribution is -2.40. The quantitative estimate of drug-likeness (QED) is 0.705. The second-order valence-corrected chi connectivity index (χ2v) is 6.77. The van der Waals surface area contributed by atoms with Crippen LogP contribution in [0, 0.1) is 5.82 Å². The molecule has 0 N–H and O–H groups in total. The molecular weight excluding hydrogens is 345 g/mol. The highest BCUT2D eigenvalue weighted by Gasteiger charge is 2.28. The van der Waals surface area contributed by atoms with Crippen molar-refractivity contribution in [3.8, 4) is 11.5 Å². The fraction of sp³-hybridized carbons (Fsp3) is 0.286. The van der Waals surface area contributed by atoms with Crippen LogP contribution in [0.1, 0.15) is 30.2 Å². The number of amides is 1. The number of hydrogen-bond donors (Lipinski definition) is 0. The Morgan fingerprint density at radius 3 is 2.70 bits per heavy atom. The normalized spacial score (nSPS) is 17.1. The van der Waals surface area contributed by atoms with Crippen molar-refractivity contribution in [2.24, 2.45) is 0 Å². The van der Waals surface area contributed by atoms with E-state index in [4.69, 9.17) is 4.42 Å². The zero-order valence-corrected chi connectivity index (χ0v) is 14.8. The summed E-state index contributed by atoms with van der Waals surface area (Å²) in [5.74, 6) is 0.323. The maximum absolute atomic E-state index is 13.9. The predicted molar refractivity (Wildman–Crippen MR) is 98.4 cm³/mol. The van der Waals surface area contributed by atoms with Crippen molar-refractivity contribution in [2.75, 3.05) is 13.1 Å². The molecule has 1 aliphatic rings. The average Bonchev–Trinajstić information content (AvgIpc) is 3.19. The summed E-state index contributed by atoms with van der Waals surface area (Å²) in [4.78, 5) is 14.5. The zero-order chi connectivity index (χ0) is 18.6. The Balaban J connectivity index is 1.46. The molecule has 1 fully saturated rings. The van der Waals surface area contributed by atoms with Crippen LogP contribution >= 0.6 is 0 Å². The molecule has 0 bridgehead atoms. The number of piperidine rings is 1. The minimum absolute atomic E-state index is 0.0218. The number of rotatable bonds is 4. The molecule has 1 saturated heterocycles. The molecule has 1 unspecified atom stereocenters. The third-order valence-electron chi connectivity index (χ3n) is 4.87. The van der Waals surface area contributed by atoms with Crippen LogP contribution < -0.4 is 0 Å². The van der Waals surface area contributed by atoms with Crippen LogP contribution in [0.5, 0.6) is 0 Å². The standard InChI is InChI=1S/C21H20FN3O2/c22-18-11-5-4-10-17(18)21-24-23-20(27-21)16-9-6-12-25(14-16)19(26)13-15-7-2-1-3-8-15/h1-5,7-8,10-11,16H,6,9,12-14H2. The number of benzene rings is 2. The Morgan fingerprint density at radius 2 is 1.89 bits per heavy atom. The molecule has 0 radical (unpaired) electrons. The van der Waals surface area contributed by atoms with E-state index in [0.29, 0.717) is 24.4 Å². The first-order valence-electron chi connectivity index (χ1n) is 9.10. The molecule has 4 rings (SSSR count). The van der Waals surface area contributed by atoms with Gasteiger partial charge in [0.15, 0.2) is 0 Å². The fourth-order valence-electron chi connectivity index (χ4n) is 3.43. The van der Waals surface area contributed by atoms with Crippen LogP contribution in [0.15, 0.2) is 59.0 Å². The van der Waals surface area contributed by atoms with Gasteiger partial charge in [-0.3, -0.25) is 4.79 Å². The van der Waals surface area contributed by atoms with Crippen molar-refractivity contribution >= 4 is 5.91 Å². The summed E-state index contributed by atoms with van der Waals surface area (Å²) in [6.07, 6.45) is 2.13. The van der Waals surface area contributed by atoms with Gasteiger partial charge in [0.1, 0.15) is 5.82 Å². The van der Waals surface area contributed by atoms with Crippen LogP contribution in [0.4, 0.5) is 4.39 Å². The van der Waals surface area contributed by atoms with Crippen molar-refractivity contribution in [3.05, 3.63) is 71.9 Å². The molecule has 2 aromatic carbocycles. The molecule has 1 amide bonds. The maximum Gasteiger partial charge on any atom is 0.250 e. The summed E-state index contributed by atoms with van der Waals surface area (Å²) in [5.41, 5.74) is 1.30. The third-order valence-corrected chi connectivity index (χ3v) is 4.87. The summed E-state index contributed by atoms with van der Waals surface area (Å²) in [7, 11) is 0. The highest BCUT2D eigenvalue weighted by molar-refractivity contribution is 5.79. The SMILES string of the molecule is O=C(Cc1ccccc1)N1CCCC(c2nnc(-c3ccccc3F)o2)C1. The van der Waals surface area contributed by atoms with E-state index in [1.165, 1.54) is 6.07 Å². The first-order chi connectivity index (χ1) is 13.2. The smallest absolute Gasteiger partial charge is 0.250 e. The number of hydrogen-bond acceptors (Lipinski definition) is 4. The molecule has 27 heavy (non-hydrogen) atoms. The maximum atomic E-state index is 13.9. The number of carbonyl (C=O) groups excluding carboxylic acids is 1. The van der Waals surface area contributed by atoms with Crippen LogP contribution in [0.3, 0.4) is 0 Å². The fourth-order valence-corrected chi connectivity index (χ4v) is 3.43. The van der Waals surface area contributed by atoms with E-state index in [1.807, 2.05) is 35.2 Å². The van der Waals surface area contributed by atoms with Crippen molar-refractivity contribution in [2.45, 2.75) is 25.2 Å². The van der Waals surface area contributed by atoms with E-state index >= 15 is 0 Å². The summed E-state index contributed by atoms with van der Waals surface area (Å²) in [6, 6.07) is 16.0. The molecule has 6 heteroatoms. The van der Waals surface area contributed by atoms with Gasteiger partial charge in [-0.2, -0.15) is 0 Å². The summed E-state index contributed by atoms with van der Waals surface area (Å²) < 4.78 is 19.7. The third kappa shape index (κ3) is 3.89. The van der Waals surface area contributed by atoms with E-state index in [0.717, 1.165) is 24.9 Å². The Hall–Kier alpha value is -3.02. The van der Waals surface area contributed by atoms with Gasteiger partial charge in [0.05, 0.1) is 17.9 Å². The number of likely N-dealkylation sites (tertiary alicyclic amines) is 1. The second kappa shape index (κ2) is 7.70. The average molecular weight is 365 g/mol. The Labute approximate surface area is 156 Å². The lowest BCUT2D eigenvalue weighted by Gasteiger charge is -2.31. The van der Waals surface area contributed by atoms with E-state index in [9.17, 15) is 9.18 Å².